The summed E-state index contributed by atoms with van der Waals surface area (Å²) < 4.78 is 61.2. The molecule has 14 nitrogen and oxygen atoms in total. The smallest absolute Gasteiger partial charge is 0.411 e. The van der Waals surface area contributed by atoms with Gasteiger partial charge in [0.1, 0.15) is 6.04 Å². The summed E-state index contributed by atoms with van der Waals surface area (Å²) in [6, 6.07) is 12.1. The van der Waals surface area contributed by atoms with Gasteiger partial charge in [0.05, 0.1) is 13.2 Å². The number of aromatic nitrogens is 5. The number of halogens is 5. The molecule has 19 heteroatoms. The second-order valence-electron chi connectivity index (χ2n) is 13.3. The number of aromatic amines is 1. The summed E-state index contributed by atoms with van der Waals surface area (Å²) in [4.78, 5) is 52.5. The number of benzene rings is 2. The number of alkyl halides is 4. The summed E-state index contributed by atoms with van der Waals surface area (Å²) in [5, 5.41) is 19.5. The average molecular weight is 790 g/mol. The van der Waals surface area contributed by atoms with E-state index in [9.17, 15) is 31.9 Å². The van der Waals surface area contributed by atoms with Gasteiger partial charge in [0.2, 0.25) is 23.6 Å². The molecule has 2 aromatic carbocycles. The van der Waals surface area contributed by atoms with Crippen molar-refractivity contribution in [3.05, 3.63) is 72.3 Å². The quantitative estimate of drug-likeness (QED) is 0.120. The Kier molecular flexibility index (Phi) is 13.0. The Balaban J connectivity index is 0.00000580. The van der Waals surface area contributed by atoms with Crippen LogP contribution in [0.3, 0.4) is 0 Å². The Bertz CT molecular complexity index is 1940. The van der Waals surface area contributed by atoms with Gasteiger partial charge in [-0.1, -0.05) is 24.3 Å². The molecule has 6 N–H and O–H groups in total. The molecule has 0 unspecified atom stereocenters. The first kappa shape index (κ1) is 41.0. The number of ether oxygens (including phenoxy) is 1. The fourth-order valence-electron chi connectivity index (χ4n) is 6.42. The topological polar surface area (TPSA) is 201 Å². The second kappa shape index (κ2) is 17.5. The van der Waals surface area contributed by atoms with Crippen LogP contribution in [-0.2, 0) is 31.5 Å². The molecule has 6 rings (SSSR count). The lowest BCUT2D eigenvalue weighted by Crippen LogP contribution is -2.48. The predicted octanol–water partition coefficient (Wildman–Crippen LogP) is 4.43. The zero-order chi connectivity index (χ0) is 38.5. The van der Waals surface area contributed by atoms with E-state index >= 15 is 0 Å². The van der Waals surface area contributed by atoms with Crippen LogP contribution in [0.1, 0.15) is 37.1 Å². The van der Waals surface area contributed by atoms with Gasteiger partial charge in [-0.05, 0) is 73.5 Å². The SMILES string of the molecule is Cl.NCC1CCC(C(=O)N[C@@H](Cc2cccc(-c3cnc(N4CCOCC4)nc3)c2)C(=O)Nc2ccc(-c3n[nH]c(C(F)(F)C(F)(F)C(=O)O)n3)cc2)CC1. The van der Waals surface area contributed by atoms with E-state index in [4.69, 9.17) is 15.6 Å². The molecule has 2 aliphatic rings. The first-order valence-corrected chi connectivity index (χ1v) is 17.4. The maximum atomic E-state index is 14.2. The van der Waals surface area contributed by atoms with Crippen LogP contribution in [0.2, 0.25) is 0 Å². The minimum absolute atomic E-state index is 0. The van der Waals surface area contributed by atoms with Gasteiger partial charge in [0.25, 0.3) is 0 Å². The highest BCUT2D eigenvalue weighted by Gasteiger charge is 2.65. The highest BCUT2D eigenvalue weighted by molar-refractivity contribution is 5.97. The number of nitrogens with one attached hydrogen (secondary N) is 3. The van der Waals surface area contributed by atoms with Crippen molar-refractivity contribution in [2.24, 2.45) is 17.6 Å². The summed E-state index contributed by atoms with van der Waals surface area (Å²) in [6.45, 7) is 3.17. The third-order valence-electron chi connectivity index (χ3n) is 9.67. The largest absolute Gasteiger partial charge is 0.477 e. The molecule has 2 aromatic heterocycles. The molecule has 2 amide bonds. The number of hydrogen-bond donors (Lipinski definition) is 5. The van der Waals surface area contributed by atoms with Gasteiger partial charge in [-0.3, -0.25) is 14.7 Å². The van der Waals surface area contributed by atoms with E-state index in [-0.39, 0.29) is 41.9 Å². The Morgan fingerprint density at radius 2 is 1.64 bits per heavy atom. The number of hydrogen-bond acceptors (Lipinski definition) is 10. The van der Waals surface area contributed by atoms with E-state index in [1.54, 1.807) is 17.5 Å². The number of anilines is 2. The fourth-order valence-corrected chi connectivity index (χ4v) is 6.42. The van der Waals surface area contributed by atoms with Crippen LogP contribution in [0.15, 0.2) is 60.9 Å². The van der Waals surface area contributed by atoms with Crippen molar-refractivity contribution in [1.29, 1.82) is 0 Å². The molecule has 3 heterocycles. The molecule has 1 saturated carbocycles. The molecule has 1 saturated heterocycles. The Hall–Kier alpha value is -5.20. The lowest BCUT2D eigenvalue weighted by atomic mass is 9.81. The van der Waals surface area contributed by atoms with Gasteiger partial charge >= 0.3 is 17.8 Å². The monoisotopic (exact) mass is 789 g/mol. The van der Waals surface area contributed by atoms with Crippen LogP contribution in [0.5, 0.6) is 0 Å². The molecule has 2 fully saturated rings. The third-order valence-corrected chi connectivity index (χ3v) is 9.67. The van der Waals surface area contributed by atoms with E-state index in [1.165, 1.54) is 24.3 Å². The van der Waals surface area contributed by atoms with Crippen molar-refractivity contribution in [1.82, 2.24) is 30.5 Å². The van der Waals surface area contributed by atoms with Crippen molar-refractivity contribution in [2.45, 2.75) is 50.0 Å². The van der Waals surface area contributed by atoms with Crippen molar-refractivity contribution in [3.8, 4) is 22.5 Å². The van der Waals surface area contributed by atoms with Crippen LogP contribution >= 0.6 is 12.4 Å². The second-order valence-corrected chi connectivity index (χ2v) is 13.3. The standard InChI is InChI=1S/C36H39F4N9O5.ClH/c37-35(38,36(39,40)33(52)53)32-46-29(47-48-32)23-8-10-27(11-9-23)44-31(51)28(45-30(50)24-6-4-21(18-41)5-7-24)17-22-2-1-3-25(16-22)26-19-42-34(43-20-26)49-12-14-54-15-13-49;/h1-3,8-11,16,19-21,24,28H,4-7,12-15,17-18,41H2,(H,44,51)(H,45,50)(H,52,53)(H,46,47,48);1H/t21?,24?,28-;/m0./s1. The lowest BCUT2D eigenvalue weighted by Gasteiger charge is -2.28. The molecule has 1 atom stereocenters. The van der Waals surface area contributed by atoms with Crippen LogP contribution < -0.4 is 21.3 Å². The summed E-state index contributed by atoms with van der Waals surface area (Å²) in [7, 11) is 0. The maximum Gasteiger partial charge on any atom is 0.411 e. The van der Waals surface area contributed by atoms with Crippen molar-refractivity contribution < 1.29 is 41.8 Å². The number of carboxylic acid groups (broad SMARTS) is 1. The number of nitrogens with two attached hydrogens (primary N) is 1. The molecule has 55 heavy (non-hydrogen) atoms. The number of aliphatic carboxylic acids is 1. The molecule has 0 spiro atoms. The van der Waals surface area contributed by atoms with Gasteiger partial charge < -0.3 is 31.1 Å². The Labute approximate surface area is 319 Å². The van der Waals surface area contributed by atoms with E-state index < -0.39 is 41.4 Å². The number of carboxylic acids is 1. The van der Waals surface area contributed by atoms with Crippen molar-refractivity contribution in [2.75, 3.05) is 43.1 Å². The molecule has 4 aromatic rings. The summed E-state index contributed by atoms with van der Waals surface area (Å²) >= 11 is 0. The van der Waals surface area contributed by atoms with Crippen molar-refractivity contribution in [3.63, 3.8) is 0 Å². The van der Waals surface area contributed by atoms with Gasteiger partial charge in [0.15, 0.2) is 5.82 Å². The van der Waals surface area contributed by atoms with Gasteiger partial charge in [-0.15, -0.1) is 12.4 Å². The number of H-pyrrole nitrogens is 1. The third kappa shape index (κ3) is 9.37. The highest BCUT2D eigenvalue weighted by Crippen LogP contribution is 2.42. The van der Waals surface area contributed by atoms with Crippen LogP contribution in [0.25, 0.3) is 22.5 Å². The van der Waals surface area contributed by atoms with E-state index in [1.807, 2.05) is 29.2 Å². The van der Waals surface area contributed by atoms with Gasteiger partial charge in [0, 0.05) is 54.6 Å². The van der Waals surface area contributed by atoms with Gasteiger partial charge in [-0.25, -0.2) is 19.7 Å². The normalized spacial score (nSPS) is 18.2. The maximum absolute atomic E-state index is 14.2. The van der Waals surface area contributed by atoms with E-state index in [2.05, 4.69) is 30.7 Å². The lowest BCUT2D eigenvalue weighted by molar-refractivity contribution is -0.231. The summed E-state index contributed by atoms with van der Waals surface area (Å²) in [5.74, 6) is -15.7. The zero-order valence-corrected chi connectivity index (χ0v) is 30.2. The van der Waals surface area contributed by atoms with Crippen molar-refractivity contribution >= 4 is 41.8 Å². The van der Waals surface area contributed by atoms with E-state index in [0.29, 0.717) is 57.6 Å². The first-order valence-electron chi connectivity index (χ1n) is 17.4. The molecule has 0 radical (unpaired) electrons. The molecular weight excluding hydrogens is 750 g/mol. The Morgan fingerprint density at radius 1 is 0.964 bits per heavy atom. The number of carbonyl (C=O) groups excluding carboxylic acids is 2. The summed E-state index contributed by atoms with van der Waals surface area (Å²) in [5.41, 5.74) is 8.57. The Morgan fingerprint density at radius 3 is 2.27 bits per heavy atom. The number of rotatable bonds is 13. The first-order chi connectivity index (χ1) is 25.8. The number of nitrogens with zero attached hydrogens (tertiary/aromatic N) is 5. The molecule has 1 aliphatic carbocycles. The molecule has 294 valence electrons. The number of amides is 2. The zero-order valence-electron chi connectivity index (χ0n) is 29.4. The summed E-state index contributed by atoms with van der Waals surface area (Å²) in [6.07, 6.45) is 6.56. The molecule has 1 aliphatic heterocycles. The highest BCUT2D eigenvalue weighted by atomic mass is 35.5. The van der Waals surface area contributed by atoms with Crippen LogP contribution in [0.4, 0.5) is 29.2 Å². The minimum Gasteiger partial charge on any atom is -0.477 e. The average Bonchev–Trinajstić information content (AvgIpc) is 3.70. The molecule has 0 bridgehead atoms. The van der Waals surface area contributed by atoms with E-state index in [0.717, 1.165) is 29.5 Å². The van der Waals surface area contributed by atoms with Gasteiger partial charge in [-0.2, -0.15) is 22.7 Å². The fraction of sp³-hybridized carbons (Fsp3) is 0.417. The van der Waals surface area contributed by atoms with Crippen LogP contribution in [0, 0.1) is 11.8 Å². The predicted molar refractivity (Wildman–Crippen MR) is 195 cm³/mol. The minimum atomic E-state index is -5.43. The molecular formula is C36H40ClF4N9O5. The number of carbonyl (C=O) groups is 3. The van der Waals surface area contributed by atoms with Crippen LogP contribution in [-0.4, -0.2) is 92.9 Å². The number of morpholine rings is 1.